The van der Waals surface area contributed by atoms with Crippen molar-refractivity contribution in [2.24, 2.45) is 5.92 Å². The molecule has 110 valence electrons. The Labute approximate surface area is 116 Å². The fraction of sp³-hybridized carbons (Fsp3) is 0.929. The number of ether oxygens (including phenoxy) is 1. The van der Waals surface area contributed by atoms with Crippen molar-refractivity contribution in [1.82, 2.24) is 15.5 Å². The van der Waals surface area contributed by atoms with Crippen LogP contribution in [0, 0.1) is 5.92 Å². The lowest BCUT2D eigenvalue weighted by atomic mass is 9.97. The zero-order valence-corrected chi connectivity index (χ0v) is 12.2. The molecule has 0 saturated carbocycles. The second-order valence-corrected chi connectivity index (χ2v) is 5.91. The van der Waals surface area contributed by atoms with Crippen LogP contribution in [0.1, 0.15) is 26.7 Å². The highest BCUT2D eigenvalue weighted by Gasteiger charge is 2.25. The third-order valence-corrected chi connectivity index (χ3v) is 4.07. The quantitative estimate of drug-likeness (QED) is 0.766. The number of morpholine rings is 1. The molecule has 2 aliphatic heterocycles. The van der Waals surface area contributed by atoms with E-state index in [4.69, 9.17) is 4.74 Å². The van der Waals surface area contributed by atoms with Crippen molar-refractivity contribution in [1.29, 1.82) is 0 Å². The van der Waals surface area contributed by atoms with E-state index in [-0.39, 0.29) is 12.0 Å². The van der Waals surface area contributed by atoms with Crippen LogP contribution in [0.25, 0.3) is 0 Å². The number of amides is 1. The molecule has 2 fully saturated rings. The summed E-state index contributed by atoms with van der Waals surface area (Å²) in [4.78, 5) is 14.5. The van der Waals surface area contributed by atoms with Crippen molar-refractivity contribution >= 4 is 5.91 Å². The van der Waals surface area contributed by atoms with E-state index in [2.05, 4.69) is 29.4 Å². The maximum atomic E-state index is 12.0. The average molecular weight is 269 g/mol. The van der Waals surface area contributed by atoms with Gasteiger partial charge in [0.25, 0.3) is 0 Å². The predicted octanol–water partition coefficient (Wildman–Crippen LogP) is 0.211. The Kier molecular flexibility index (Phi) is 5.60. The molecule has 5 nitrogen and oxygen atoms in total. The summed E-state index contributed by atoms with van der Waals surface area (Å²) < 4.78 is 5.45. The summed E-state index contributed by atoms with van der Waals surface area (Å²) in [6, 6.07) is 0.601. The van der Waals surface area contributed by atoms with Gasteiger partial charge in [-0.1, -0.05) is 0 Å². The monoisotopic (exact) mass is 269 g/mol. The Morgan fingerprint density at radius 2 is 2.37 bits per heavy atom. The minimum Gasteiger partial charge on any atom is -0.366 e. The van der Waals surface area contributed by atoms with Crippen LogP contribution in [0.5, 0.6) is 0 Å². The lowest BCUT2D eigenvalue weighted by molar-refractivity contribution is -0.134. The van der Waals surface area contributed by atoms with Crippen LogP contribution in [-0.4, -0.2) is 62.3 Å². The van der Waals surface area contributed by atoms with Gasteiger partial charge in [0.05, 0.1) is 6.61 Å². The molecule has 5 heteroatoms. The van der Waals surface area contributed by atoms with E-state index in [1.807, 2.05) is 0 Å². The van der Waals surface area contributed by atoms with Crippen molar-refractivity contribution in [2.45, 2.75) is 38.8 Å². The van der Waals surface area contributed by atoms with Gasteiger partial charge in [-0.15, -0.1) is 0 Å². The second-order valence-electron chi connectivity index (χ2n) is 5.91. The number of carbonyl (C=O) groups excluding carboxylic acids is 1. The first-order valence-corrected chi connectivity index (χ1v) is 7.51. The van der Waals surface area contributed by atoms with E-state index in [0.717, 1.165) is 19.6 Å². The molecule has 19 heavy (non-hydrogen) atoms. The fourth-order valence-electron chi connectivity index (χ4n) is 2.83. The highest BCUT2D eigenvalue weighted by molar-refractivity contribution is 5.81. The van der Waals surface area contributed by atoms with Crippen molar-refractivity contribution in [3.63, 3.8) is 0 Å². The third-order valence-electron chi connectivity index (χ3n) is 4.07. The van der Waals surface area contributed by atoms with Crippen molar-refractivity contribution < 1.29 is 9.53 Å². The molecule has 2 rings (SSSR count). The van der Waals surface area contributed by atoms with Crippen molar-refractivity contribution in [2.75, 3.05) is 39.3 Å². The molecule has 2 saturated heterocycles. The Morgan fingerprint density at radius 1 is 1.53 bits per heavy atom. The number of nitrogens with one attached hydrogen (secondary N) is 2. The zero-order chi connectivity index (χ0) is 13.7. The van der Waals surface area contributed by atoms with Gasteiger partial charge in [0.15, 0.2) is 0 Å². The molecule has 0 aromatic rings. The minimum atomic E-state index is -0.307. The molecular weight excluding hydrogens is 242 g/mol. The van der Waals surface area contributed by atoms with Gasteiger partial charge in [-0.2, -0.15) is 0 Å². The number of likely N-dealkylation sites (tertiary alicyclic amines) is 1. The predicted molar refractivity (Wildman–Crippen MR) is 75.1 cm³/mol. The van der Waals surface area contributed by atoms with E-state index < -0.39 is 0 Å². The number of nitrogens with zero attached hydrogens (tertiary/aromatic N) is 1. The lowest BCUT2D eigenvalue weighted by Gasteiger charge is -2.35. The summed E-state index contributed by atoms with van der Waals surface area (Å²) in [7, 11) is 0. The standard InChI is InChI=1S/C14H27N3O2/c1-11(2)17-6-3-4-12(10-17)8-16-14(18)13-9-15-5-7-19-13/h11-13,15H,3-10H2,1-2H3,(H,16,18). The van der Waals surface area contributed by atoms with Crippen molar-refractivity contribution in [3.05, 3.63) is 0 Å². The highest BCUT2D eigenvalue weighted by atomic mass is 16.5. The molecule has 2 N–H and O–H groups in total. The van der Waals surface area contributed by atoms with Gasteiger partial charge in [-0.3, -0.25) is 4.79 Å². The van der Waals surface area contributed by atoms with Crippen LogP contribution in [-0.2, 0) is 9.53 Å². The lowest BCUT2D eigenvalue weighted by Crippen LogP contribution is -2.50. The summed E-state index contributed by atoms with van der Waals surface area (Å²) >= 11 is 0. The van der Waals surface area contributed by atoms with Gasteiger partial charge in [0.1, 0.15) is 6.10 Å². The SMILES string of the molecule is CC(C)N1CCCC(CNC(=O)C2CNCCO2)C1. The van der Waals surface area contributed by atoms with Crippen LogP contribution in [0.2, 0.25) is 0 Å². The Bertz CT molecular complexity index is 290. The molecule has 2 atom stereocenters. The first-order chi connectivity index (χ1) is 9.16. The number of hydrogen-bond acceptors (Lipinski definition) is 4. The number of rotatable bonds is 4. The molecule has 2 heterocycles. The molecule has 0 aromatic heterocycles. The maximum absolute atomic E-state index is 12.0. The van der Waals surface area contributed by atoms with Gasteiger partial charge < -0.3 is 20.3 Å². The fourth-order valence-corrected chi connectivity index (χ4v) is 2.83. The summed E-state index contributed by atoms with van der Waals surface area (Å²) in [5.74, 6) is 0.616. The summed E-state index contributed by atoms with van der Waals surface area (Å²) in [5.41, 5.74) is 0. The minimum absolute atomic E-state index is 0.0360. The van der Waals surface area contributed by atoms with E-state index >= 15 is 0 Å². The summed E-state index contributed by atoms with van der Waals surface area (Å²) in [6.07, 6.45) is 2.14. The second kappa shape index (κ2) is 7.22. The zero-order valence-electron chi connectivity index (χ0n) is 12.2. The van der Waals surface area contributed by atoms with E-state index in [1.165, 1.54) is 19.4 Å². The van der Waals surface area contributed by atoms with Crippen molar-refractivity contribution in [3.8, 4) is 0 Å². The molecule has 0 aromatic carbocycles. The van der Waals surface area contributed by atoms with Crippen LogP contribution >= 0.6 is 0 Å². The van der Waals surface area contributed by atoms with Gasteiger partial charge in [0, 0.05) is 32.2 Å². The van der Waals surface area contributed by atoms with E-state index in [0.29, 0.717) is 25.1 Å². The molecule has 0 bridgehead atoms. The molecule has 0 radical (unpaired) electrons. The van der Waals surface area contributed by atoms with E-state index in [9.17, 15) is 4.79 Å². The first kappa shape index (κ1) is 14.8. The topological polar surface area (TPSA) is 53.6 Å². The normalized spacial score (nSPS) is 29.4. The largest absolute Gasteiger partial charge is 0.366 e. The Balaban J connectivity index is 1.70. The molecule has 2 unspecified atom stereocenters. The van der Waals surface area contributed by atoms with Gasteiger partial charge >= 0.3 is 0 Å². The maximum Gasteiger partial charge on any atom is 0.250 e. The molecule has 0 aliphatic carbocycles. The van der Waals surface area contributed by atoms with Gasteiger partial charge in [-0.25, -0.2) is 0 Å². The number of piperidine rings is 1. The summed E-state index contributed by atoms with van der Waals surface area (Å²) in [5, 5.41) is 6.23. The highest BCUT2D eigenvalue weighted by Crippen LogP contribution is 2.17. The number of hydrogen-bond donors (Lipinski definition) is 2. The van der Waals surface area contributed by atoms with Crippen LogP contribution in [0.3, 0.4) is 0 Å². The molecule has 2 aliphatic rings. The van der Waals surface area contributed by atoms with Gasteiger partial charge in [-0.05, 0) is 39.2 Å². The molecule has 1 amide bonds. The Hall–Kier alpha value is -0.650. The van der Waals surface area contributed by atoms with E-state index in [1.54, 1.807) is 0 Å². The van der Waals surface area contributed by atoms with Crippen LogP contribution in [0.4, 0.5) is 0 Å². The molecule has 0 spiro atoms. The number of carbonyl (C=O) groups is 1. The smallest absolute Gasteiger partial charge is 0.250 e. The Morgan fingerprint density at radius 3 is 3.05 bits per heavy atom. The summed E-state index contributed by atoms with van der Waals surface area (Å²) in [6.45, 7) is 9.65. The molecular formula is C14H27N3O2. The third kappa shape index (κ3) is 4.44. The van der Waals surface area contributed by atoms with Gasteiger partial charge in [0.2, 0.25) is 5.91 Å². The average Bonchev–Trinajstić information content (AvgIpc) is 2.46. The first-order valence-electron chi connectivity index (χ1n) is 7.51. The van der Waals surface area contributed by atoms with Crippen LogP contribution < -0.4 is 10.6 Å². The van der Waals surface area contributed by atoms with Crippen LogP contribution in [0.15, 0.2) is 0 Å².